The zero-order chi connectivity index (χ0) is 26.3. The maximum Gasteiger partial charge on any atom is 0.161 e. The van der Waals surface area contributed by atoms with Gasteiger partial charge in [-0.15, -0.1) is 0 Å². The minimum absolute atomic E-state index is 0. The average molecular weight is 565 g/mol. The normalized spacial score (nSPS) is 16.5. The van der Waals surface area contributed by atoms with Gasteiger partial charge in [0.15, 0.2) is 11.5 Å². The molecule has 0 saturated heterocycles. The van der Waals surface area contributed by atoms with E-state index in [0.29, 0.717) is 0 Å². The van der Waals surface area contributed by atoms with Gasteiger partial charge in [0, 0.05) is 22.6 Å². The lowest BCUT2D eigenvalue weighted by Gasteiger charge is -2.43. The number of unbranched alkanes of at least 4 members (excludes halogenated alkanes) is 12. The molecule has 0 saturated carbocycles. The number of benzene rings is 2. The molecule has 3 nitrogen and oxygen atoms in total. The molecular formula is C33H51Cl2NO2. The molecule has 1 unspecified atom stereocenters. The minimum atomic E-state index is 0. The fraction of sp³-hybridized carbons (Fsp3) is 0.636. The van der Waals surface area contributed by atoms with E-state index >= 15 is 0 Å². The second-order valence-electron chi connectivity index (χ2n) is 11.2. The molecule has 0 spiro atoms. The first-order valence-corrected chi connectivity index (χ1v) is 15.3. The van der Waals surface area contributed by atoms with Crippen LogP contribution in [0.2, 0.25) is 5.02 Å². The highest BCUT2D eigenvalue weighted by Crippen LogP contribution is 2.37. The van der Waals surface area contributed by atoms with Gasteiger partial charge in [0.1, 0.15) is 13.1 Å². The first-order valence-electron chi connectivity index (χ1n) is 14.9. The van der Waals surface area contributed by atoms with Crippen molar-refractivity contribution < 1.29 is 26.4 Å². The van der Waals surface area contributed by atoms with E-state index in [-0.39, 0.29) is 12.4 Å². The molecule has 5 heteroatoms. The van der Waals surface area contributed by atoms with Crippen molar-refractivity contribution in [2.45, 2.75) is 110 Å². The summed E-state index contributed by atoms with van der Waals surface area (Å²) in [4.78, 5) is 0. The fourth-order valence-corrected chi connectivity index (χ4v) is 6.19. The molecule has 2 aromatic rings. The summed E-state index contributed by atoms with van der Waals surface area (Å²) in [6.45, 7) is 6.66. The van der Waals surface area contributed by atoms with E-state index in [1.54, 1.807) is 14.2 Å². The maximum absolute atomic E-state index is 6.63. The van der Waals surface area contributed by atoms with Crippen LogP contribution in [0, 0.1) is 0 Å². The summed E-state index contributed by atoms with van der Waals surface area (Å²) in [5.41, 5.74) is 4.06. The number of hydrogen-bond donors (Lipinski definition) is 0. The molecule has 0 amide bonds. The Morgan fingerprint density at radius 2 is 1.26 bits per heavy atom. The van der Waals surface area contributed by atoms with Crippen LogP contribution in [0.4, 0.5) is 0 Å². The molecule has 0 aliphatic carbocycles. The molecule has 1 aliphatic heterocycles. The van der Waals surface area contributed by atoms with Crippen LogP contribution in [0.25, 0.3) is 0 Å². The van der Waals surface area contributed by atoms with Gasteiger partial charge in [0.2, 0.25) is 0 Å². The Balaban J connectivity index is 0.00000507. The molecule has 0 aromatic heterocycles. The Morgan fingerprint density at radius 3 is 1.82 bits per heavy atom. The number of quaternary nitrogens is 1. The lowest BCUT2D eigenvalue weighted by Crippen LogP contribution is -3.00. The van der Waals surface area contributed by atoms with Crippen molar-refractivity contribution in [3.05, 3.63) is 58.1 Å². The molecule has 1 atom stereocenters. The molecule has 0 fully saturated rings. The fourth-order valence-electron chi connectivity index (χ4n) is 6.00. The van der Waals surface area contributed by atoms with Crippen LogP contribution in [-0.2, 0) is 19.5 Å². The Kier molecular flexibility index (Phi) is 15.6. The molecule has 2 aromatic carbocycles. The van der Waals surface area contributed by atoms with Gasteiger partial charge >= 0.3 is 0 Å². The van der Waals surface area contributed by atoms with E-state index in [2.05, 4.69) is 31.2 Å². The lowest BCUT2D eigenvalue weighted by molar-refractivity contribution is -0.955. The summed E-state index contributed by atoms with van der Waals surface area (Å²) < 4.78 is 12.3. The molecule has 38 heavy (non-hydrogen) atoms. The van der Waals surface area contributed by atoms with Gasteiger partial charge in [-0.3, -0.25) is 0 Å². The van der Waals surface area contributed by atoms with Gasteiger partial charge in [-0.05, 0) is 36.6 Å². The summed E-state index contributed by atoms with van der Waals surface area (Å²) in [6.07, 6.45) is 19.2. The molecule has 1 heterocycles. The third kappa shape index (κ3) is 10.3. The zero-order valence-corrected chi connectivity index (χ0v) is 25.7. The Hall–Kier alpha value is -1.42. The largest absolute Gasteiger partial charge is 1.00 e. The maximum atomic E-state index is 6.63. The Morgan fingerprint density at radius 1 is 0.737 bits per heavy atom. The highest BCUT2D eigenvalue weighted by molar-refractivity contribution is 6.31. The first kappa shape index (κ1) is 32.8. The van der Waals surface area contributed by atoms with Crippen LogP contribution in [0.1, 0.15) is 107 Å². The van der Waals surface area contributed by atoms with Gasteiger partial charge in [0.05, 0.1) is 27.3 Å². The quantitative estimate of drug-likeness (QED) is 0.152. The van der Waals surface area contributed by atoms with E-state index in [1.165, 1.54) is 107 Å². The summed E-state index contributed by atoms with van der Waals surface area (Å²) in [5, 5.41) is 0.892. The number of hydrogen-bond acceptors (Lipinski definition) is 2. The minimum Gasteiger partial charge on any atom is -1.00 e. The van der Waals surface area contributed by atoms with Crippen LogP contribution < -0.4 is 21.9 Å². The zero-order valence-electron chi connectivity index (χ0n) is 24.2. The van der Waals surface area contributed by atoms with Gasteiger partial charge < -0.3 is 26.4 Å². The lowest BCUT2D eigenvalue weighted by atomic mass is 9.95. The van der Waals surface area contributed by atoms with Gasteiger partial charge in [-0.2, -0.15) is 0 Å². The topological polar surface area (TPSA) is 18.5 Å². The van der Waals surface area contributed by atoms with Crippen molar-refractivity contribution in [3.63, 3.8) is 0 Å². The van der Waals surface area contributed by atoms with Crippen molar-refractivity contribution in [3.8, 4) is 11.5 Å². The third-order valence-corrected chi connectivity index (χ3v) is 8.64. The van der Waals surface area contributed by atoms with Crippen LogP contribution in [0.15, 0.2) is 36.4 Å². The molecule has 0 bridgehead atoms. The van der Waals surface area contributed by atoms with Gasteiger partial charge in [0.25, 0.3) is 0 Å². The molecule has 1 aliphatic rings. The van der Waals surface area contributed by atoms with E-state index in [4.69, 9.17) is 21.1 Å². The van der Waals surface area contributed by atoms with Crippen molar-refractivity contribution >= 4 is 11.6 Å². The van der Waals surface area contributed by atoms with E-state index in [9.17, 15) is 0 Å². The smallest absolute Gasteiger partial charge is 0.161 e. The summed E-state index contributed by atoms with van der Waals surface area (Å²) in [7, 11) is 3.45. The molecule has 0 radical (unpaired) electrons. The molecular weight excluding hydrogens is 513 g/mol. The second-order valence-corrected chi connectivity index (χ2v) is 11.6. The summed E-state index contributed by atoms with van der Waals surface area (Å²) >= 11 is 6.63. The van der Waals surface area contributed by atoms with E-state index < -0.39 is 0 Å². The van der Waals surface area contributed by atoms with Gasteiger partial charge in [-0.25, -0.2) is 0 Å². The Bertz CT molecular complexity index is 935. The van der Waals surface area contributed by atoms with Crippen LogP contribution >= 0.6 is 11.6 Å². The van der Waals surface area contributed by atoms with E-state index in [0.717, 1.165) is 47.1 Å². The van der Waals surface area contributed by atoms with E-state index in [1.807, 2.05) is 12.1 Å². The van der Waals surface area contributed by atoms with Crippen molar-refractivity contribution in [1.82, 2.24) is 0 Å². The number of methoxy groups -OCH3 is 2. The predicted octanol–water partition coefficient (Wildman–Crippen LogP) is 6.53. The van der Waals surface area contributed by atoms with Crippen LogP contribution in [0.5, 0.6) is 11.5 Å². The van der Waals surface area contributed by atoms with Gasteiger partial charge in [-0.1, -0.05) is 107 Å². The number of nitrogens with zero attached hydrogens (tertiary/aromatic N) is 1. The number of rotatable bonds is 18. The number of ether oxygens (including phenoxy) is 2. The second kappa shape index (κ2) is 18.0. The highest BCUT2D eigenvalue weighted by atomic mass is 35.5. The van der Waals surface area contributed by atoms with Crippen LogP contribution in [0.3, 0.4) is 0 Å². The highest BCUT2D eigenvalue weighted by Gasteiger charge is 2.34. The predicted molar refractivity (Wildman–Crippen MR) is 158 cm³/mol. The summed E-state index contributed by atoms with van der Waals surface area (Å²) in [6, 6.07) is 12.8. The SMILES string of the molecule is CCCCCCCCCCCCCCC[N+]1(Cc2ccccc2Cl)CCc2cc(OC)c(OC)cc2C1.[Cl-]. The average Bonchev–Trinajstić information content (AvgIpc) is 2.92. The molecule has 0 N–H and O–H groups in total. The van der Waals surface area contributed by atoms with Crippen molar-refractivity contribution in [1.29, 1.82) is 0 Å². The third-order valence-electron chi connectivity index (χ3n) is 8.27. The standard InChI is InChI=1S/C33H51ClNO2.ClH/c1-4-5-6-7-8-9-10-11-12-13-14-15-18-22-35(26-29-19-16-17-20-31(29)34)23-21-28-24-32(36-2)33(37-3)25-30(28)27-35;/h16-17,19-20,24-25H,4-15,18,21-23,26-27H2,1-3H3;1H/q+1;/p-1. The summed E-state index contributed by atoms with van der Waals surface area (Å²) in [5.74, 6) is 1.67. The number of fused-ring (bicyclic) bond motifs is 1. The number of halogens is 2. The van der Waals surface area contributed by atoms with Crippen molar-refractivity contribution in [2.24, 2.45) is 0 Å². The molecule has 214 valence electrons. The monoisotopic (exact) mass is 563 g/mol. The first-order chi connectivity index (χ1) is 18.1. The van der Waals surface area contributed by atoms with Crippen molar-refractivity contribution in [2.75, 3.05) is 27.3 Å². The Labute approximate surface area is 244 Å². The van der Waals surface area contributed by atoms with Crippen LogP contribution in [-0.4, -0.2) is 31.8 Å². The molecule has 3 rings (SSSR count).